The highest BCUT2D eigenvalue weighted by Gasteiger charge is 2.35. The van der Waals surface area contributed by atoms with Gasteiger partial charge in [0.15, 0.2) is 0 Å². The molecule has 0 bridgehead atoms. The van der Waals surface area contributed by atoms with Crippen LogP contribution in [-0.4, -0.2) is 28.9 Å². The van der Waals surface area contributed by atoms with Crippen LogP contribution in [0.25, 0.3) is 0 Å². The molecule has 0 saturated carbocycles. The molecule has 1 aromatic carbocycles. The lowest BCUT2D eigenvalue weighted by molar-refractivity contribution is 0.413. The first kappa shape index (κ1) is 15.5. The lowest BCUT2D eigenvalue weighted by Gasteiger charge is -2.21. The van der Waals surface area contributed by atoms with Crippen LogP contribution in [0.2, 0.25) is 0 Å². The van der Waals surface area contributed by atoms with Crippen molar-refractivity contribution in [2.45, 2.75) is 44.4 Å². The van der Waals surface area contributed by atoms with Crippen LogP contribution in [0.15, 0.2) is 18.2 Å². The molecule has 112 valence electrons. The molecule has 1 aliphatic carbocycles. The van der Waals surface area contributed by atoms with Crippen molar-refractivity contribution in [3.05, 3.63) is 29.3 Å². The van der Waals surface area contributed by atoms with Gasteiger partial charge >= 0.3 is 0 Å². The van der Waals surface area contributed by atoms with Crippen LogP contribution in [0, 0.1) is 0 Å². The smallest absolute Gasteiger partial charge is 0.119 e. The average molecular weight is 295 g/mol. The summed E-state index contributed by atoms with van der Waals surface area (Å²) in [5.74, 6) is 1.69. The topological polar surface area (TPSA) is 38.3 Å². The van der Waals surface area contributed by atoms with Gasteiger partial charge in [0.25, 0.3) is 0 Å². The van der Waals surface area contributed by atoms with Gasteiger partial charge in [-0.1, -0.05) is 26.3 Å². The summed E-state index contributed by atoms with van der Waals surface area (Å²) in [7, 11) is 0.925. The van der Waals surface area contributed by atoms with Crippen molar-refractivity contribution >= 4 is 10.8 Å². The monoisotopic (exact) mass is 295 g/mol. The van der Waals surface area contributed by atoms with E-state index < -0.39 is 10.8 Å². The molecule has 3 nitrogen and oxygen atoms in total. The fraction of sp³-hybridized carbons (Fsp3) is 0.625. The first-order chi connectivity index (χ1) is 9.71. The number of fused-ring (bicyclic) bond motifs is 1. The van der Waals surface area contributed by atoms with E-state index >= 15 is 0 Å². The summed E-state index contributed by atoms with van der Waals surface area (Å²) in [5.41, 5.74) is 2.58. The molecule has 0 radical (unpaired) electrons. The number of ether oxygens (including phenoxy) is 1. The van der Waals surface area contributed by atoms with Gasteiger partial charge in [-0.2, -0.15) is 0 Å². The van der Waals surface area contributed by atoms with E-state index in [-0.39, 0.29) is 11.3 Å². The number of hydrogen-bond donors (Lipinski definition) is 1. The van der Waals surface area contributed by atoms with E-state index in [1.165, 1.54) is 11.1 Å². The van der Waals surface area contributed by atoms with E-state index in [9.17, 15) is 4.21 Å². The second-order valence-electron chi connectivity index (χ2n) is 5.28. The lowest BCUT2D eigenvalue weighted by Crippen LogP contribution is -2.32. The summed E-state index contributed by atoms with van der Waals surface area (Å²) in [6.07, 6.45) is 3.06. The molecule has 0 aromatic heterocycles. The third-order valence-electron chi connectivity index (χ3n) is 3.94. The number of nitrogens with one attached hydrogen (secondary N) is 1. The summed E-state index contributed by atoms with van der Waals surface area (Å²) in [6, 6.07) is 6.41. The Hall–Kier alpha value is -0.870. The minimum absolute atomic E-state index is 0.197. The minimum Gasteiger partial charge on any atom is -0.497 e. The van der Waals surface area contributed by atoms with Gasteiger partial charge in [-0.3, -0.25) is 4.21 Å². The molecule has 20 heavy (non-hydrogen) atoms. The van der Waals surface area contributed by atoms with Crippen LogP contribution in [0.5, 0.6) is 5.75 Å². The van der Waals surface area contributed by atoms with Crippen molar-refractivity contribution in [3.8, 4) is 5.75 Å². The lowest BCUT2D eigenvalue weighted by atomic mass is 10.1. The Morgan fingerprint density at radius 2 is 2.20 bits per heavy atom. The van der Waals surface area contributed by atoms with Crippen LogP contribution < -0.4 is 10.1 Å². The molecule has 3 unspecified atom stereocenters. The van der Waals surface area contributed by atoms with Gasteiger partial charge < -0.3 is 10.1 Å². The van der Waals surface area contributed by atoms with Crippen molar-refractivity contribution < 1.29 is 8.95 Å². The molecule has 4 heteroatoms. The van der Waals surface area contributed by atoms with E-state index in [4.69, 9.17) is 4.74 Å². The van der Waals surface area contributed by atoms with Gasteiger partial charge in [0.2, 0.25) is 0 Å². The largest absolute Gasteiger partial charge is 0.497 e. The molecular weight excluding hydrogens is 270 g/mol. The van der Waals surface area contributed by atoms with Gasteiger partial charge in [-0.25, -0.2) is 0 Å². The molecule has 0 aliphatic heterocycles. The number of unbranched alkanes of at least 4 members (excludes halogenated alkanes) is 1. The SMILES string of the molecule is CCCCS(=O)C1Cc2ccc(OC)cc2C1NCC. The molecule has 1 aromatic rings. The fourth-order valence-corrected chi connectivity index (χ4v) is 4.64. The average Bonchev–Trinajstić information content (AvgIpc) is 2.83. The highest BCUT2D eigenvalue weighted by atomic mass is 32.2. The quantitative estimate of drug-likeness (QED) is 0.840. The molecule has 3 atom stereocenters. The van der Waals surface area contributed by atoms with Crippen LogP contribution in [0.4, 0.5) is 0 Å². The van der Waals surface area contributed by atoms with Crippen molar-refractivity contribution in [1.29, 1.82) is 0 Å². The Morgan fingerprint density at radius 3 is 2.85 bits per heavy atom. The highest BCUT2D eigenvalue weighted by molar-refractivity contribution is 7.85. The molecule has 0 saturated heterocycles. The molecule has 2 rings (SSSR count). The van der Waals surface area contributed by atoms with Crippen molar-refractivity contribution in [2.24, 2.45) is 0 Å². The molecule has 0 fully saturated rings. The zero-order valence-corrected chi connectivity index (χ0v) is 13.5. The van der Waals surface area contributed by atoms with Crippen LogP contribution in [0.3, 0.4) is 0 Å². The Morgan fingerprint density at radius 1 is 1.40 bits per heavy atom. The molecule has 0 spiro atoms. The number of hydrogen-bond acceptors (Lipinski definition) is 3. The summed E-state index contributed by atoms with van der Waals surface area (Å²) in [4.78, 5) is 0. The minimum atomic E-state index is -0.765. The van der Waals surface area contributed by atoms with Crippen molar-refractivity contribution in [2.75, 3.05) is 19.4 Å². The van der Waals surface area contributed by atoms with Crippen molar-refractivity contribution in [1.82, 2.24) is 5.32 Å². The second-order valence-corrected chi connectivity index (χ2v) is 7.06. The third-order valence-corrected chi connectivity index (χ3v) is 5.75. The van der Waals surface area contributed by atoms with Crippen LogP contribution in [0.1, 0.15) is 43.9 Å². The second kappa shape index (κ2) is 7.23. The Balaban J connectivity index is 2.22. The van der Waals surface area contributed by atoms with Crippen LogP contribution in [-0.2, 0) is 17.2 Å². The summed E-state index contributed by atoms with van der Waals surface area (Å²) in [6.45, 7) is 5.14. The van der Waals surface area contributed by atoms with E-state index in [1.807, 2.05) is 6.07 Å². The Labute approximate surface area is 124 Å². The third kappa shape index (κ3) is 3.23. The Kier molecular flexibility index (Phi) is 5.61. The summed E-state index contributed by atoms with van der Waals surface area (Å²) >= 11 is 0. The van der Waals surface area contributed by atoms with Gasteiger partial charge in [0.1, 0.15) is 5.75 Å². The maximum Gasteiger partial charge on any atom is 0.119 e. The standard InChI is InChI=1S/C16H25NO2S/c1-4-6-9-20(18)15-10-12-7-8-13(19-3)11-14(12)16(15)17-5-2/h7-8,11,15-17H,4-6,9-10H2,1-3H3. The number of methoxy groups -OCH3 is 1. The van der Waals surface area contributed by atoms with Gasteiger partial charge in [-0.15, -0.1) is 0 Å². The zero-order valence-electron chi connectivity index (χ0n) is 12.6. The van der Waals surface area contributed by atoms with Gasteiger partial charge in [-0.05, 0) is 42.6 Å². The van der Waals surface area contributed by atoms with Gasteiger partial charge in [0, 0.05) is 22.6 Å². The predicted molar refractivity (Wildman–Crippen MR) is 84.8 cm³/mol. The molecule has 0 amide bonds. The van der Waals surface area contributed by atoms with E-state index in [0.717, 1.165) is 37.3 Å². The normalized spacial score (nSPS) is 22.6. The molecule has 0 heterocycles. The fourth-order valence-electron chi connectivity index (χ4n) is 2.85. The first-order valence-corrected chi connectivity index (χ1v) is 8.86. The maximum atomic E-state index is 12.6. The Bertz CT molecular complexity index is 476. The maximum absolute atomic E-state index is 12.6. The highest BCUT2D eigenvalue weighted by Crippen LogP contribution is 2.36. The van der Waals surface area contributed by atoms with E-state index in [1.54, 1.807) is 7.11 Å². The molecule has 1 aliphatic rings. The number of benzene rings is 1. The molecule has 1 N–H and O–H groups in total. The number of rotatable bonds is 7. The van der Waals surface area contributed by atoms with E-state index in [0.29, 0.717) is 0 Å². The molecular formula is C16H25NO2S. The summed E-state index contributed by atoms with van der Waals surface area (Å²) < 4.78 is 17.9. The first-order valence-electron chi connectivity index (χ1n) is 7.48. The predicted octanol–water partition coefficient (Wildman–Crippen LogP) is 2.82. The zero-order chi connectivity index (χ0) is 14.5. The van der Waals surface area contributed by atoms with Crippen LogP contribution >= 0.6 is 0 Å². The van der Waals surface area contributed by atoms with Gasteiger partial charge in [0.05, 0.1) is 12.4 Å². The van der Waals surface area contributed by atoms with Crippen molar-refractivity contribution in [3.63, 3.8) is 0 Å². The summed E-state index contributed by atoms with van der Waals surface area (Å²) in [5, 5.41) is 3.71. The van der Waals surface area contributed by atoms with E-state index in [2.05, 4.69) is 31.3 Å².